The third kappa shape index (κ3) is 8.62. The molecular formula is C10H11KO3. The summed E-state index contributed by atoms with van der Waals surface area (Å²) in [5, 5.41) is 17.6. The molecule has 4 heteroatoms. The molecular weight excluding hydrogens is 207 g/mol. The molecule has 0 atom stereocenters. The molecule has 0 aliphatic rings. The zero-order valence-corrected chi connectivity index (χ0v) is 11.3. The van der Waals surface area contributed by atoms with Gasteiger partial charge in [0.1, 0.15) is 0 Å². The largest absolute Gasteiger partial charge is 1.00 e. The van der Waals surface area contributed by atoms with Crippen LogP contribution in [0.1, 0.15) is 10.4 Å². The summed E-state index contributed by atoms with van der Waals surface area (Å²) in [6.07, 6.45) is 1.32. The maximum Gasteiger partial charge on any atom is 1.00 e. The Labute approximate surface area is 126 Å². The van der Waals surface area contributed by atoms with Crippen molar-refractivity contribution in [3.05, 3.63) is 48.6 Å². The van der Waals surface area contributed by atoms with Gasteiger partial charge in [-0.2, -0.15) is 0 Å². The molecule has 0 radical (unpaired) electrons. The van der Waals surface area contributed by atoms with Crippen LogP contribution in [0, 0.1) is 0 Å². The van der Waals surface area contributed by atoms with Crippen molar-refractivity contribution in [3.63, 3.8) is 0 Å². The van der Waals surface area contributed by atoms with Gasteiger partial charge >= 0.3 is 57.4 Å². The van der Waals surface area contributed by atoms with E-state index >= 15 is 0 Å². The number of rotatable bonds is 2. The van der Waals surface area contributed by atoms with Gasteiger partial charge in [0.2, 0.25) is 0 Å². The summed E-state index contributed by atoms with van der Waals surface area (Å²) in [5.41, 5.74) is 0.331. The minimum atomic E-state index is -0.879. The van der Waals surface area contributed by atoms with Gasteiger partial charge in [0.25, 0.3) is 0 Å². The second-order valence-corrected chi connectivity index (χ2v) is 2.13. The van der Waals surface area contributed by atoms with Crippen molar-refractivity contribution in [2.24, 2.45) is 0 Å². The van der Waals surface area contributed by atoms with E-state index in [0.29, 0.717) is 5.56 Å². The average molecular weight is 218 g/mol. The molecule has 14 heavy (non-hydrogen) atoms. The molecule has 0 unspecified atom stereocenters. The second-order valence-electron chi connectivity index (χ2n) is 2.13. The fourth-order valence-corrected chi connectivity index (χ4v) is 0.581. The minimum Gasteiger partial charge on any atom is -0.851 e. The van der Waals surface area contributed by atoms with Gasteiger partial charge in [0, 0.05) is 0 Å². The molecule has 0 saturated carbocycles. The molecule has 1 aromatic rings. The molecule has 0 aliphatic heterocycles. The van der Waals surface area contributed by atoms with Crippen LogP contribution in [0.15, 0.2) is 43.0 Å². The van der Waals surface area contributed by atoms with Gasteiger partial charge in [-0.05, 0) is 12.1 Å². The van der Waals surface area contributed by atoms with E-state index in [2.05, 4.69) is 6.58 Å². The van der Waals surface area contributed by atoms with Crippen molar-refractivity contribution < 1.29 is 66.4 Å². The van der Waals surface area contributed by atoms with Gasteiger partial charge in [0.05, 0.1) is 5.56 Å². The van der Waals surface area contributed by atoms with Gasteiger partial charge < -0.3 is 10.2 Å². The first-order valence-electron chi connectivity index (χ1n) is 3.69. The van der Waals surface area contributed by atoms with Crippen LogP contribution < -0.4 is 56.5 Å². The molecule has 1 rings (SSSR count). The number of benzene rings is 1. The number of carboxylic acid groups (broad SMARTS) is 1. The Morgan fingerprint density at radius 2 is 1.86 bits per heavy atom. The van der Waals surface area contributed by atoms with Gasteiger partial charge in [0.15, 0.2) is 0 Å². The number of carboxylic acids is 1. The van der Waals surface area contributed by atoms with Crippen molar-refractivity contribution in [1.82, 2.24) is 0 Å². The van der Waals surface area contributed by atoms with Crippen LogP contribution in [0.5, 0.6) is 0 Å². The van der Waals surface area contributed by atoms with Crippen LogP contribution in [-0.2, 0) is 0 Å². The van der Waals surface area contributed by atoms with E-state index < -0.39 is 5.97 Å². The zero-order chi connectivity index (χ0) is 10.1. The predicted molar refractivity (Wildman–Crippen MR) is 48.5 cm³/mol. The SMILES string of the molecule is C=CC[O-].O=C(O)c1ccccc1.[K+]. The Morgan fingerprint density at radius 1 is 1.43 bits per heavy atom. The van der Waals surface area contributed by atoms with E-state index in [-0.39, 0.29) is 58.0 Å². The van der Waals surface area contributed by atoms with Gasteiger partial charge in [-0.1, -0.05) is 18.2 Å². The Kier molecular flexibility index (Phi) is 13.1. The summed E-state index contributed by atoms with van der Waals surface area (Å²) in [6.45, 7) is 3.00. The summed E-state index contributed by atoms with van der Waals surface area (Å²) in [7, 11) is 0. The molecule has 70 valence electrons. The third-order valence-electron chi connectivity index (χ3n) is 1.14. The van der Waals surface area contributed by atoms with E-state index in [1.54, 1.807) is 30.3 Å². The number of hydrogen-bond acceptors (Lipinski definition) is 2. The minimum absolute atomic E-state index is 0. The van der Waals surface area contributed by atoms with Crippen LogP contribution in [0.3, 0.4) is 0 Å². The number of hydrogen-bond donors (Lipinski definition) is 1. The quantitative estimate of drug-likeness (QED) is 0.458. The Hall–Kier alpha value is 0.0264. The van der Waals surface area contributed by atoms with Gasteiger partial charge in [-0.3, -0.25) is 0 Å². The standard InChI is InChI=1S/C7H6O2.C3H5O.K/c8-7(9)6-4-2-1-3-5-6;1-2-3-4;/h1-5H,(H,8,9);2H,1,3H2;/q;-1;+1. The molecule has 0 spiro atoms. The van der Waals surface area contributed by atoms with E-state index in [4.69, 9.17) is 5.11 Å². The van der Waals surface area contributed by atoms with Crippen LogP contribution in [-0.4, -0.2) is 17.7 Å². The second kappa shape index (κ2) is 11.1. The van der Waals surface area contributed by atoms with Crippen LogP contribution in [0.2, 0.25) is 0 Å². The zero-order valence-electron chi connectivity index (χ0n) is 8.14. The van der Waals surface area contributed by atoms with Crippen molar-refractivity contribution in [1.29, 1.82) is 0 Å². The molecule has 1 aromatic carbocycles. The molecule has 3 nitrogen and oxygen atoms in total. The smallest absolute Gasteiger partial charge is 0.851 e. The summed E-state index contributed by atoms with van der Waals surface area (Å²) in [6, 6.07) is 8.30. The van der Waals surface area contributed by atoms with Gasteiger partial charge in [-0.25, -0.2) is 4.79 Å². The van der Waals surface area contributed by atoms with Crippen LogP contribution in [0.4, 0.5) is 0 Å². The summed E-state index contributed by atoms with van der Waals surface area (Å²) in [5.74, 6) is -0.879. The maximum atomic E-state index is 10.2. The van der Waals surface area contributed by atoms with Crippen LogP contribution >= 0.6 is 0 Å². The molecule has 0 amide bonds. The number of carbonyl (C=O) groups is 1. The van der Waals surface area contributed by atoms with E-state index in [0.717, 1.165) is 0 Å². The summed E-state index contributed by atoms with van der Waals surface area (Å²) < 4.78 is 0. The first kappa shape index (κ1) is 16.5. The molecule has 0 saturated heterocycles. The Morgan fingerprint density at radius 3 is 2.07 bits per heavy atom. The van der Waals surface area contributed by atoms with Gasteiger partial charge in [-0.15, -0.1) is 19.3 Å². The van der Waals surface area contributed by atoms with E-state index in [1.807, 2.05) is 0 Å². The van der Waals surface area contributed by atoms with Crippen molar-refractivity contribution >= 4 is 5.97 Å². The molecule has 0 heterocycles. The van der Waals surface area contributed by atoms with E-state index in [9.17, 15) is 9.90 Å². The van der Waals surface area contributed by atoms with Crippen molar-refractivity contribution in [2.75, 3.05) is 6.61 Å². The normalized spacial score (nSPS) is 7.50. The fraction of sp³-hybridized carbons (Fsp3) is 0.100. The molecule has 1 N–H and O–H groups in total. The maximum absolute atomic E-state index is 10.2. The fourth-order valence-electron chi connectivity index (χ4n) is 0.581. The number of aromatic carboxylic acids is 1. The first-order chi connectivity index (χ1) is 6.22. The third-order valence-corrected chi connectivity index (χ3v) is 1.14. The monoisotopic (exact) mass is 218 g/mol. The summed E-state index contributed by atoms with van der Waals surface area (Å²) in [4.78, 5) is 10.2. The molecule has 0 aliphatic carbocycles. The Bertz CT molecular complexity index is 259. The summed E-state index contributed by atoms with van der Waals surface area (Å²) >= 11 is 0. The molecule has 0 aromatic heterocycles. The first-order valence-corrected chi connectivity index (χ1v) is 3.69. The van der Waals surface area contributed by atoms with Crippen molar-refractivity contribution in [3.8, 4) is 0 Å². The molecule has 0 fully saturated rings. The topological polar surface area (TPSA) is 60.4 Å². The van der Waals surface area contributed by atoms with Crippen molar-refractivity contribution in [2.45, 2.75) is 0 Å². The van der Waals surface area contributed by atoms with Crippen LogP contribution in [0.25, 0.3) is 0 Å². The average Bonchev–Trinajstić information content (AvgIpc) is 2.19. The predicted octanol–water partition coefficient (Wildman–Crippen LogP) is -2.08. The van der Waals surface area contributed by atoms with E-state index in [1.165, 1.54) is 6.08 Å². The molecule has 0 bridgehead atoms. The Balaban J connectivity index is 0.